The Balaban J connectivity index is 2.01. The third-order valence-corrected chi connectivity index (χ3v) is 4.67. The highest BCUT2D eigenvalue weighted by atomic mass is 32.2. The van der Waals surface area contributed by atoms with Gasteiger partial charge in [-0.15, -0.1) is 0 Å². The lowest BCUT2D eigenvalue weighted by atomic mass is 10.1. The van der Waals surface area contributed by atoms with Gasteiger partial charge in [-0.05, 0) is 12.0 Å². The van der Waals surface area contributed by atoms with Gasteiger partial charge in [0.25, 0.3) is 0 Å². The van der Waals surface area contributed by atoms with Crippen LogP contribution in [0.15, 0.2) is 30.3 Å². The number of rotatable bonds is 5. The van der Waals surface area contributed by atoms with Crippen LogP contribution in [0.1, 0.15) is 17.9 Å². The predicted molar refractivity (Wildman–Crippen MR) is 63.7 cm³/mol. The monoisotopic (exact) mass is 254 g/mol. The van der Waals surface area contributed by atoms with E-state index < -0.39 is 21.2 Å². The lowest BCUT2D eigenvalue weighted by molar-refractivity contribution is -0.116. The first-order chi connectivity index (χ1) is 8.00. The maximum absolute atomic E-state index is 11.8. The summed E-state index contributed by atoms with van der Waals surface area (Å²) in [5.74, 6) is -0.646. The van der Waals surface area contributed by atoms with E-state index in [2.05, 4.69) is 4.72 Å². The molecule has 1 aliphatic rings. The van der Waals surface area contributed by atoms with Gasteiger partial charge in [-0.1, -0.05) is 30.3 Å². The molecular weight excluding hydrogens is 240 g/mol. The first-order valence-electron chi connectivity index (χ1n) is 5.32. The van der Waals surface area contributed by atoms with E-state index in [4.69, 9.17) is 5.73 Å². The molecule has 0 aliphatic heterocycles. The lowest BCUT2D eigenvalue weighted by Crippen LogP contribution is -2.35. The SMILES string of the molecule is NC(=O)CNS(=O)(=O)[C@H]1C[C@@H]1c1ccccc1. The molecule has 1 amide bonds. The Morgan fingerprint density at radius 3 is 2.59 bits per heavy atom. The molecule has 1 saturated carbocycles. The average molecular weight is 254 g/mol. The quantitative estimate of drug-likeness (QED) is 0.772. The number of hydrogen-bond donors (Lipinski definition) is 2. The van der Waals surface area contributed by atoms with Gasteiger partial charge in [0.05, 0.1) is 11.8 Å². The zero-order chi connectivity index (χ0) is 12.5. The molecule has 0 bridgehead atoms. The van der Waals surface area contributed by atoms with Crippen LogP contribution in [0.2, 0.25) is 0 Å². The van der Waals surface area contributed by atoms with Gasteiger partial charge in [0.2, 0.25) is 15.9 Å². The van der Waals surface area contributed by atoms with Crippen molar-refractivity contribution in [2.75, 3.05) is 6.54 Å². The largest absolute Gasteiger partial charge is 0.369 e. The summed E-state index contributed by atoms with van der Waals surface area (Å²) in [6.07, 6.45) is 0.595. The molecule has 5 nitrogen and oxygen atoms in total. The Labute approximate surface area is 100 Å². The van der Waals surface area contributed by atoms with Crippen LogP contribution >= 0.6 is 0 Å². The fraction of sp³-hybridized carbons (Fsp3) is 0.364. The number of amides is 1. The van der Waals surface area contributed by atoms with E-state index >= 15 is 0 Å². The van der Waals surface area contributed by atoms with Crippen LogP contribution in [0.25, 0.3) is 0 Å². The number of nitrogens with two attached hydrogens (primary N) is 1. The minimum atomic E-state index is -3.43. The minimum Gasteiger partial charge on any atom is -0.369 e. The molecule has 3 N–H and O–H groups in total. The van der Waals surface area contributed by atoms with Crippen molar-refractivity contribution in [3.05, 3.63) is 35.9 Å². The third kappa shape index (κ3) is 2.83. The van der Waals surface area contributed by atoms with E-state index in [9.17, 15) is 13.2 Å². The van der Waals surface area contributed by atoms with Crippen LogP contribution in [0.5, 0.6) is 0 Å². The van der Waals surface area contributed by atoms with Crippen molar-refractivity contribution in [2.24, 2.45) is 5.73 Å². The number of nitrogens with one attached hydrogen (secondary N) is 1. The van der Waals surface area contributed by atoms with Gasteiger partial charge in [-0.3, -0.25) is 4.79 Å². The zero-order valence-electron chi connectivity index (χ0n) is 9.17. The van der Waals surface area contributed by atoms with Gasteiger partial charge < -0.3 is 5.73 Å². The normalized spacial score (nSPS) is 23.3. The summed E-state index contributed by atoms with van der Waals surface area (Å²) in [7, 11) is -3.43. The van der Waals surface area contributed by atoms with Crippen LogP contribution in [0.3, 0.4) is 0 Å². The van der Waals surface area contributed by atoms with Crippen molar-refractivity contribution in [1.29, 1.82) is 0 Å². The molecule has 0 unspecified atom stereocenters. The van der Waals surface area contributed by atoms with Crippen molar-refractivity contribution >= 4 is 15.9 Å². The summed E-state index contributed by atoms with van der Waals surface area (Å²) in [4.78, 5) is 10.5. The number of hydrogen-bond acceptors (Lipinski definition) is 3. The summed E-state index contributed by atoms with van der Waals surface area (Å²) < 4.78 is 25.7. The highest BCUT2D eigenvalue weighted by Gasteiger charge is 2.47. The summed E-state index contributed by atoms with van der Waals surface area (Å²) in [6, 6.07) is 9.48. The molecular formula is C11H14N2O3S. The van der Waals surface area contributed by atoms with Crippen LogP contribution in [0.4, 0.5) is 0 Å². The fourth-order valence-corrected chi connectivity index (χ4v) is 3.45. The van der Waals surface area contributed by atoms with Gasteiger partial charge >= 0.3 is 0 Å². The topological polar surface area (TPSA) is 89.3 Å². The predicted octanol–water partition coefficient (Wildman–Crippen LogP) is -0.0528. The van der Waals surface area contributed by atoms with Gasteiger partial charge in [-0.2, -0.15) is 0 Å². The maximum atomic E-state index is 11.8. The highest BCUT2D eigenvalue weighted by Crippen LogP contribution is 2.45. The second kappa shape index (κ2) is 4.46. The number of benzene rings is 1. The molecule has 0 saturated heterocycles. The summed E-state index contributed by atoms with van der Waals surface area (Å²) in [6.45, 7) is -0.333. The highest BCUT2D eigenvalue weighted by molar-refractivity contribution is 7.90. The van der Waals surface area contributed by atoms with E-state index in [1.807, 2.05) is 30.3 Å². The summed E-state index contributed by atoms with van der Waals surface area (Å²) in [5, 5.41) is -0.441. The fourth-order valence-electron chi connectivity index (χ4n) is 1.84. The molecule has 0 spiro atoms. The molecule has 1 aromatic carbocycles. The molecule has 92 valence electrons. The Hall–Kier alpha value is -1.40. The molecule has 1 aromatic rings. The van der Waals surface area contributed by atoms with Crippen molar-refractivity contribution in [1.82, 2.24) is 4.72 Å². The van der Waals surface area contributed by atoms with E-state index in [-0.39, 0.29) is 12.5 Å². The molecule has 17 heavy (non-hydrogen) atoms. The van der Waals surface area contributed by atoms with Crippen molar-refractivity contribution in [3.8, 4) is 0 Å². The molecule has 6 heteroatoms. The second-order valence-corrected chi connectivity index (χ2v) is 6.11. The van der Waals surface area contributed by atoms with Gasteiger partial charge in [0.1, 0.15) is 0 Å². The van der Waals surface area contributed by atoms with Gasteiger partial charge in [0.15, 0.2) is 0 Å². The number of sulfonamides is 1. The van der Waals surface area contributed by atoms with Gasteiger partial charge in [0, 0.05) is 5.92 Å². The minimum absolute atomic E-state index is 0.0292. The Kier molecular flexibility index (Phi) is 3.17. The Bertz CT molecular complexity index is 513. The lowest BCUT2D eigenvalue weighted by Gasteiger charge is -2.04. The molecule has 0 aromatic heterocycles. The van der Waals surface area contributed by atoms with Crippen molar-refractivity contribution < 1.29 is 13.2 Å². The number of primary amides is 1. The zero-order valence-corrected chi connectivity index (χ0v) is 9.98. The van der Waals surface area contributed by atoms with Gasteiger partial charge in [-0.25, -0.2) is 13.1 Å². The van der Waals surface area contributed by atoms with Crippen LogP contribution in [-0.4, -0.2) is 26.1 Å². The molecule has 2 atom stereocenters. The second-order valence-electron chi connectivity index (χ2n) is 4.12. The first kappa shape index (κ1) is 12.1. The molecule has 1 fully saturated rings. The maximum Gasteiger partial charge on any atom is 0.232 e. The summed E-state index contributed by atoms with van der Waals surface area (Å²) >= 11 is 0. The van der Waals surface area contributed by atoms with E-state index in [1.165, 1.54) is 0 Å². The number of carbonyl (C=O) groups is 1. The first-order valence-corrected chi connectivity index (χ1v) is 6.87. The molecule has 1 aliphatic carbocycles. The third-order valence-electron chi connectivity index (χ3n) is 2.81. The Morgan fingerprint density at radius 2 is 2.00 bits per heavy atom. The standard InChI is InChI=1S/C11H14N2O3S/c12-11(14)7-13-17(15,16)10-6-9(10)8-4-2-1-3-5-8/h1-5,9-10,13H,6-7H2,(H2,12,14)/t9-,10+/m1/s1. The molecule has 2 rings (SSSR count). The van der Waals surface area contributed by atoms with E-state index in [0.717, 1.165) is 5.56 Å². The van der Waals surface area contributed by atoms with Crippen LogP contribution in [-0.2, 0) is 14.8 Å². The van der Waals surface area contributed by atoms with E-state index in [1.54, 1.807) is 0 Å². The van der Waals surface area contributed by atoms with Crippen LogP contribution < -0.4 is 10.5 Å². The van der Waals surface area contributed by atoms with Crippen LogP contribution in [0, 0.1) is 0 Å². The average Bonchev–Trinajstić information content (AvgIpc) is 3.08. The Morgan fingerprint density at radius 1 is 1.35 bits per heavy atom. The summed E-state index contributed by atoms with van der Waals surface area (Å²) in [5.41, 5.74) is 5.92. The smallest absolute Gasteiger partial charge is 0.232 e. The molecule has 0 heterocycles. The van der Waals surface area contributed by atoms with Crippen molar-refractivity contribution in [2.45, 2.75) is 17.6 Å². The van der Waals surface area contributed by atoms with E-state index in [0.29, 0.717) is 6.42 Å². The molecule has 0 radical (unpaired) electrons. The number of carbonyl (C=O) groups excluding carboxylic acids is 1. The van der Waals surface area contributed by atoms with Crippen molar-refractivity contribution in [3.63, 3.8) is 0 Å².